The van der Waals surface area contributed by atoms with E-state index in [1.807, 2.05) is 18.2 Å². The Labute approximate surface area is 167 Å². The summed E-state index contributed by atoms with van der Waals surface area (Å²) >= 11 is 1.66. The summed E-state index contributed by atoms with van der Waals surface area (Å²) < 4.78 is 0. The molecule has 0 atom stereocenters. The minimum absolute atomic E-state index is 0.174. The van der Waals surface area contributed by atoms with Gasteiger partial charge >= 0.3 is 0 Å². The standard InChI is InChI=1S/C23H17NO3S/c1-2-28-16-7-5-6-14(12-16)23(27)24-15-10-11-19-20(13-15)22(26)18-9-4-3-8-17(18)21(19)25/h3-13H,2H2,1H3,(H,24,27). The average molecular weight is 387 g/mol. The zero-order valence-corrected chi connectivity index (χ0v) is 16.0. The predicted octanol–water partition coefficient (Wildman–Crippen LogP) is 4.83. The lowest BCUT2D eigenvalue weighted by molar-refractivity contribution is 0.0979. The first-order chi connectivity index (χ1) is 13.6. The number of ketones is 2. The summed E-state index contributed by atoms with van der Waals surface area (Å²) in [6.07, 6.45) is 0. The minimum atomic E-state index is -0.256. The molecule has 138 valence electrons. The molecule has 1 amide bonds. The molecule has 4 nitrogen and oxygen atoms in total. The molecule has 0 saturated heterocycles. The third kappa shape index (κ3) is 3.25. The van der Waals surface area contributed by atoms with Crippen molar-refractivity contribution in [3.05, 3.63) is 94.5 Å². The third-order valence-electron chi connectivity index (χ3n) is 4.59. The number of carbonyl (C=O) groups is 3. The molecule has 1 N–H and O–H groups in total. The molecule has 1 aliphatic rings. The van der Waals surface area contributed by atoms with Crippen molar-refractivity contribution in [1.29, 1.82) is 0 Å². The van der Waals surface area contributed by atoms with Crippen LogP contribution in [-0.2, 0) is 0 Å². The maximum atomic E-state index is 12.8. The quantitative estimate of drug-likeness (QED) is 0.510. The summed E-state index contributed by atoms with van der Waals surface area (Å²) in [5.41, 5.74) is 2.52. The molecular formula is C23H17NO3S. The number of anilines is 1. The highest BCUT2D eigenvalue weighted by atomic mass is 32.2. The van der Waals surface area contributed by atoms with Crippen molar-refractivity contribution in [2.45, 2.75) is 11.8 Å². The smallest absolute Gasteiger partial charge is 0.255 e. The van der Waals surface area contributed by atoms with Crippen molar-refractivity contribution in [1.82, 2.24) is 0 Å². The van der Waals surface area contributed by atoms with Crippen LogP contribution in [0, 0.1) is 0 Å². The van der Waals surface area contributed by atoms with Gasteiger partial charge in [-0.05, 0) is 42.2 Å². The number of hydrogen-bond acceptors (Lipinski definition) is 4. The van der Waals surface area contributed by atoms with Crippen molar-refractivity contribution in [3.8, 4) is 0 Å². The van der Waals surface area contributed by atoms with E-state index >= 15 is 0 Å². The lowest BCUT2D eigenvalue weighted by Gasteiger charge is -2.18. The monoisotopic (exact) mass is 387 g/mol. The van der Waals surface area contributed by atoms with Gasteiger partial charge in [0.15, 0.2) is 11.6 Å². The zero-order chi connectivity index (χ0) is 19.7. The first-order valence-corrected chi connectivity index (χ1v) is 9.93. The van der Waals surface area contributed by atoms with Gasteiger partial charge in [-0.3, -0.25) is 14.4 Å². The summed E-state index contributed by atoms with van der Waals surface area (Å²) in [4.78, 5) is 39.1. The van der Waals surface area contributed by atoms with Crippen LogP contribution in [0.3, 0.4) is 0 Å². The van der Waals surface area contributed by atoms with E-state index in [0.29, 0.717) is 33.5 Å². The number of amides is 1. The van der Waals surface area contributed by atoms with Crippen LogP contribution in [0.25, 0.3) is 0 Å². The molecule has 0 radical (unpaired) electrons. The van der Waals surface area contributed by atoms with E-state index in [1.165, 1.54) is 0 Å². The Bertz CT molecular complexity index is 1120. The number of nitrogens with one attached hydrogen (secondary N) is 1. The van der Waals surface area contributed by atoms with E-state index in [2.05, 4.69) is 12.2 Å². The summed E-state index contributed by atoms with van der Waals surface area (Å²) in [5, 5.41) is 2.83. The van der Waals surface area contributed by atoms with Gasteiger partial charge in [-0.2, -0.15) is 0 Å². The highest BCUT2D eigenvalue weighted by molar-refractivity contribution is 7.99. The van der Waals surface area contributed by atoms with Gasteiger partial charge in [0.25, 0.3) is 5.91 Å². The molecule has 3 aromatic carbocycles. The Morgan fingerprint density at radius 2 is 1.50 bits per heavy atom. The lowest BCUT2D eigenvalue weighted by Crippen LogP contribution is -2.21. The van der Waals surface area contributed by atoms with Crippen molar-refractivity contribution in [2.24, 2.45) is 0 Å². The first-order valence-electron chi connectivity index (χ1n) is 8.95. The van der Waals surface area contributed by atoms with E-state index in [-0.39, 0.29) is 17.5 Å². The van der Waals surface area contributed by atoms with Crippen molar-refractivity contribution in [3.63, 3.8) is 0 Å². The third-order valence-corrected chi connectivity index (χ3v) is 5.47. The lowest BCUT2D eigenvalue weighted by atomic mass is 9.84. The van der Waals surface area contributed by atoms with Crippen LogP contribution in [0.2, 0.25) is 0 Å². The molecule has 0 aromatic heterocycles. The first kappa shape index (κ1) is 18.2. The minimum Gasteiger partial charge on any atom is -0.322 e. The van der Waals surface area contributed by atoms with Crippen molar-refractivity contribution >= 4 is 34.9 Å². The Morgan fingerprint density at radius 3 is 2.21 bits per heavy atom. The molecule has 4 rings (SSSR count). The van der Waals surface area contributed by atoms with Crippen molar-refractivity contribution < 1.29 is 14.4 Å². The van der Waals surface area contributed by atoms with Crippen LogP contribution >= 0.6 is 11.8 Å². The van der Waals surface area contributed by atoms with E-state index < -0.39 is 0 Å². The van der Waals surface area contributed by atoms with Crippen LogP contribution in [-0.4, -0.2) is 23.2 Å². The largest absolute Gasteiger partial charge is 0.322 e. The van der Waals surface area contributed by atoms with Crippen LogP contribution in [0.15, 0.2) is 71.6 Å². The molecule has 5 heteroatoms. The van der Waals surface area contributed by atoms with Crippen LogP contribution in [0.5, 0.6) is 0 Å². The molecule has 0 saturated carbocycles. The Kier molecular flexibility index (Phi) is 4.84. The second-order valence-corrected chi connectivity index (χ2v) is 7.72. The normalized spacial score (nSPS) is 12.3. The molecule has 0 heterocycles. The average Bonchev–Trinajstić information content (AvgIpc) is 2.72. The van der Waals surface area contributed by atoms with E-state index in [1.54, 1.807) is 60.3 Å². The fourth-order valence-electron chi connectivity index (χ4n) is 3.27. The number of rotatable bonds is 4. The van der Waals surface area contributed by atoms with Gasteiger partial charge in [0.1, 0.15) is 0 Å². The summed E-state index contributed by atoms with van der Waals surface area (Å²) in [5.74, 6) is 0.288. The molecule has 28 heavy (non-hydrogen) atoms. The SMILES string of the molecule is CCSc1cccc(C(=O)Nc2ccc3c(c2)C(=O)c2ccccc2C3=O)c1. The highest BCUT2D eigenvalue weighted by Gasteiger charge is 2.29. The molecule has 0 fully saturated rings. The second-order valence-electron chi connectivity index (χ2n) is 6.38. The Balaban J connectivity index is 1.63. The van der Waals surface area contributed by atoms with Gasteiger partial charge < -0.3 is 5.32 Å². The van der Waals surface area contributed by atoms with E-state index in [0.717, 1.165) is 10.6 Å². The van der Waals surface area contributed by atoms with Gasteiger partial charge in [-0.15, -0.1) is 11.8 Å². The van der Waals surface area contributed by atoms with Crippen LogP contribution in [0.1, 0.15) is 49.1 Å². The number of thioether (sulfide) groups is 1. The number of benzene rings is 3. The number of carbonyl (C=O) groups excluding carboxylic acids is 3. The van der Waals surface area contributed by atoms with Gasteiger partial charge in [-0.25, -0.2) is 0 Å². The fraction of sp³-hybridized carbons (Fsp3) is 0.0870. The van der Waals surface area contributed by atoms with Gasteiger partial charge in [-0.1, -0.05) is 37.3 Å². The number of fused-ring (bicyclic) bond motifs is 2. The zero-order valence-electron chi connectivity index (χ0n) is 15.2. The van der Waals surface area contributed by atoms with Crippen LogP contribution in [0.4, 0.5) is 5.69 Å². The number of hydrogen-bond donors (Lipinski definition) is 1. The van der Waals surface area contributed by atoms with E-state index in [4.69, 9.17) is 0 Å². The molecule has 0 aliphatic heterocycles. The molecule has 0 unspecified atom stereocenters. The molecule has 1 aliphatic carbocycles. The highest BCUT2D eigenvalue weighted by Crippen LogP contribution is 2.29. The Hall–Kier alpha value is -3.18. The second kappa shape index (κ2) is 7.44. The van der Waals surface area contributed by atoms with E-state index in [9.17, 15) is 14.4 Å². The van der Waals surface area contributed by atoms with Gasteiger partial charge in [0.2, 0.25) is 0 Å². The topological polar surface area (TPSA) is 63.2 Å². The maximum Gasteiger partial charge on any atom is 0.255 e. The van der Waals surface area contributed by atoms with Crippen molar-refractivity contribution in [2.75, 3.05) is 11.1 Å². The summed E-state index contributed by atoms with van der Waals surface area (Å²) in [6, 6.07) is 19.0. The predicted molar refractivity (Wildman–Crippen MR) is 111 cm³/mol. The molecule has 3 aromatic rings. The summed E-state index contributed by atoms with van der Waals surface area (Å²) in [6.45, 7) is 2.06. The van der Waals surface area contributed by atoms with Crippen LogP contribution < -0.4 is 5.32 Å². The van der Waals surface area contributed by atoms with Gasteiger partial charge in [0.05, 0.1) is 0 Å². The Morgan fingerprint density at radius 1 is 0.821 bits per heavy atom. The molecule has 0 bridgehead atoms. The molecular weight excluding hydrogens is 370 g/mol. The maximum absolute atomic E-state index is 12.8. The summed E-state index contributed by atoms with van der Waals surface area (Å²) in [7, 11) is 0. The molecule has 0 spiro atoms. The van der Waals surface area contributed by atoms with Gasteiger partial charge in [0, 0.05) is 38.4 Å². The fourth-order valence-corrected chi connectivity index (χ4v) is 3.99.